The minimum atomic E-state index is -5.38. The van der Waals surface area contributed by atoms with Gasteiger partial charge in [0.25, 0.3) is 0 Å². The molecule has 6 aliphatic carbocycles. The summed E-state index contributed by atoms with van der Waals surface area (Å²) in [6, 6.07) is 26.3. The first kappa shape index (κ1) is 41.5. The maximum absolute atomic E-state index is 16.0. The molecule has 4 aromatic rings. The molecule has 0 spiro atoms. The van der Waals surface area contributed by atoms with Crippen LogP contribution in [0.3, 0.4) is 0 Å². The fourth-order valence-corrected chi connectivity index (χ4v) is 15.4. The number of rotatable bonds is 6. The highest BCUT2D eigenvalue weighted by atomic mass is 19.4. The third kappa shape index (κ3) is 6.50. The Balaban J connectivity index is 0.947. The third-order valence-corrected chi connectivity index (χ3v) is 17.9. The first-order valence-electron chi connectivity index (χ1n) is 23.8. The molecule has 6 heteroatoms. The second kappa shape index (κ2) is 15.3. The van der Waals surface area contributed by atoms with Crippen LogP contribution < -0.4 is 0 Å². The molecule has 0 unspecified atom stereocenters. The molecule has 0 heterocycles. The topological polar surface area (TPSA) is 0 Å². The molecule has 0 aromatic heterocycles. The normalized spacial score (nSPS) is 26.0. The molecule has 6 aliphatic rings. The van der Waals surface area contributed by atoms with E-state index in [9.17, 15) is 0 Å². The second-order valence-electron chi connectivity index (χ2n) is 20.7. The Morgan fingerprint density at radius 2 is 0.803 bits per heavy atom. The van der Waals surface area contributed by atoms with Crippen LogP contribution in [-0.2, 0) is 23.7 Å². The van der Waals surface area contributed by atoms with Gasteiger partial charge < -0.3 is 0 Å². The molecule has 0 nitrogen and oxygen atoms in total. The largest absolute Gasteiger partial charge is 0.403 e. The van der Waals surface area contributed by atoms with Crippen LogP contribution in [0.15, 0.2) is 72.8 Å². The van der Waals surface area contributed by atoms with Crippen LogP contribution in [0.4, 0.5) is 26.3 Å². The lowest BCUT2D eigenvalue weighted by atomic mass is 9.50. The van der Waals surface area contributed by atoms with Crippen molar-refractivity contribution in [1.29, 1.82) is 0 Å². The third-order valence-electron chi connectivity index (χ3n) is 17.9. The van der Waals surface area contributed by atoms with Gasteiger partial charge in [-0.15, -0.1) is 0 Å². The number of halogens is 6. The maximum Gasteiger partial charge on any atom is 0.403 e. The van der Waals surface area contributed by atoms with E-state index < -0.39 is 29.6 Å². The van der Waals surface area contributed by atoms with Crippen molar-refractivity contribution in [3.63, 3.8) is 0 Å². The summed E-state index contributed by atoms with van der Waals surface area (Å²) in [5.74, 6) is -2.77. The lowest BCUT2D eigenvalue weighted by Gasteiger charge is -2.55. The van der Waals surface area contributed by atoms with Crippen LogP contribution in [0.25, 0.3) is 22.3 Å². The predicted octanol–water partition coefficient (Wildman–Crippen LogP) is 16.3. The Labute approximate surface area is 359 Å². The molecule has 10 rings (SSSR count). The smallest absolute Gasteiger partial charge is 0.170 e. The summed E-state index contributed by atoms with van der Waals surface area (Å²) in [5, 5.41) is 0. The number of benzene rings is 4. The van der Waals surface area contributed by atoms with Crippen LogP contribution in [0, 0.1) is 42.9 Å². The summed E-state index contributed by atoms with van der Waals surface area (Å²) in [7, 11) is 0. The molecule has 4 aromatic carbocycles. The molecule has 0 saturated heterocycles. The molecule has 0 bridgehead atoms. The Morgan fingerprint density at radius 1 is 0.443 bits per heavy atom. The van der Waals surface area contributed by atoms with Crippen molar-refractivity contribution < 1.29 is 26.3 Å². The van der Waals surface area contributed by atoms with Gasteiger partial charge in [0.1, 0.15) is 0 Å². The van der Waals surface area contributed by atoms with Crippen molar-refractivity contribution in [3.05, 3.63) is 117 Å². The number of fused-ring (bicyclic) bond motifs is 6. The van der Waals surface area contributed by atoms with Gasteiger partial charge in [0.05, 0.1) is 0 Å². The summed E-state index contributed by atoms with van der Waals surface area (Å²) in [6.45, 7) is 4.27. The molecule has 0 amide bonds. The van der Waals surface area contributed by atoms with Crippen molar-refractivity contribution in [2.75, 3.05) is 0 Å². The molecule has 4 fully saturated rings. The van der Waals surface area contributed by atoms with Crippen molar-refractivity contribution in [3.8, 4) is 22.3 Å². The van der Waals surface area contributed by atoms with Gasteiger partial charge >= 0.3 is 12.4 Å². The van der Waals surface area contributed by atoms with E-state index in [0.29, 0.717) is 25.7 Å². The molecular formula is C55H62F6. The van der Waals surface area contributed by atoms with Crippen molar-refractivity contribution in [2.45, 2.75) is 165 Å². The molecule has 0 aliphatic heterocycles. The molecule has 4 saturated carbocycles. The lowest BCUT2D eigenvalue weighted by Crippen LogP contribution is -2.61. The van der Waals surface area contributed by atoms with E-state index in [2.05, 4.69) is 86.6 Å². The van der Waals surface area contributed by atoms with Crippen molar-refractivity contribution >= 4 is 0 Å². The number of hydrogen-bond donors (Lipinski definition) is 0. The maximum atomic E-state index is 16.0. The van der Waals surface area contributed by atoms with E-state index in [1.54, 1.807) is 0 Å². The summed E-state index contributed by atoms with van der Waals surface area (Å²) < 4.78 is 95.7. The van der Waals surface area contributed by atoms with Crippen LogP contribution in [0.2, 0.25) is 0 Å². The average molecular weight is 837 g/mol. The van der Waals surface area contributed by atoms with Gasteiger partial charge in [-0.05, 0) is 194 Å². The van der Waals surface area contributed by atoms with Crippen LogP contribution in [0.5, 0.6) is 0 Å². The SMILES string of the molecule is Cc1cc2c(c(C3(C4CCC(C(C5CCC(C6(c7cc(C)cc8c7Cc7ccccc7-8)CCCCC6)CC5)(C(F)(F)F)C(F)(F)F)CC4)CCCCC3)c1)Cc1ccccc1-2. The van der Waals surface area contributed by atoms with Crippen LogP contribution >= 0.6 is 0 Å². The molecular weight excluding hydrogens is 775 g/mol. The molecule has 0 radical (unpaired) electrons. The zero-order chi connectivity index (χ0) is 42.4. The Kier molecular flexibility index (Phi) is 10.4. The fraction of sp³-hybridized carbons (Fsp3) is 0.564. The van der Waals surface area contributed by atoms with E-state index >= 15 is 26.3 Å². The van der Waals surface area contributed by atoms with Gasteiger partial charge in [-0.1, -0.05) is 122 Å². The zero-order valence-corrected chi connectivity index (χ0v) is 36.1. The molecule has 61 heavy (non-hydrogen) atoms. The summed E-state index contributed by atoms with van der Waals surface area (Å²) in [4.78, 5) is 0. The van der Waals surface area contributed by atoms with E-state index in [-0.39, 0.29) is 48.3 Å². The van der Waals surface area contributed by atoms with Gasteiger partial charge in [0.15, 0.2) is 5.41 Å². The summed E-state index contributed by atoms with van der Waals surface area (Å²) in [6.07, 6.45) is 2.85. The van der Waals surface area contributed by atoms with Gasteiger partial charge in [-0.2, -0.15) is 26.3 Å². The Morgan fingerprint density at radius 3 is 1.16 bits per heavy atom. The van der Waals surface area contributed by atoms with Gasteiger partial charge in [0.2, 0.25) is 0 Å². The van der Waals surface area contributed by atoms with E-state index in [1.165, 1.54) is 66.8 Å². The number of alkyl halides is 6. The van der Waals surface area contributed by atoms with Crippen LogP contribution in [0.1, 0.15) is 160 Å². The first-order chi connectivity index (χ1) is 29.3. The zero-order valence-electron chi connectivity index (χ0n) is 36.1. The molecule has 0 N–H and O–H groups in total. The minimum absolute atomic E-state index is 0.0144. The van der Waals surface area contributed by atoms with Gasteiger partial charge in [0, 0.05) is 0 Å². The van der Waals surface area contributed by atoms with E-state index in [4.69, 9.17) is 0 Å². The highest BCUT2D eigenvalue weighted by Gasteiger charge is 2.76. The predicted molar refractivity (Wildman–Crippen MR) is 234 cm³/mol. The minimum Gasteiger partial charge on any atom is -0.170 e. The quantitative estimate of drug-likeness (QED) is 0.147. The second-order valence-corrected chi connectivity index (χ2v) is 20.7. The van der Waals surface area contributed by atoms with Gasteiger partial charge in [-0.3, -0.25) is 0 Å². The molecule has 0 atom stereocenters. The Hall–Kier alpha value is -3.54. The molecule has 324 valence electrons. The highest BCUT2D eigenvalue weighted by molar-refractivity contribution is 5.80. The van der Waals surface area contributed by atoms with E-state index in [0.717, 1.165) is 77.0 Å². The van der Waals surface area contributed by atoms with Crippen molar-refractivity contribution in [2.24, 2.45) is 29.1 Å². The Bertz CT molecular complexity index is 2100. The van der Waals surface area contributed by atoms with Crippen LogP contribution in [-0.4, -0.2) is 12.4 Å². The van der Waals surface area contributed by atoms with Gasteiger partial charge in [-0.25, -0.2) is 0 Å². The fourth-order valence-electron chi connectivity index (χ4n) is 15.4. The first-order valence-corrected chi connectivity index (χ1v) is 23.8. The monoisotopic (exact) mass is 836 g/mol. The number of hydrogen-bond acceptors (Lipinski definition) is 0. The summed E-state index contributed by atoms with van der Waals surface area (Å²) >= 11 is 0. The average Bonchev–Trinajstić information content (AvgIpc) is 3.81. The van der Waals surface area contributed by atoms with Crippen molar-refractivity contribution in [1.82, 2.24) is 0 Å². The number of aryl methyl sites for hydroxylation is 2. The lowest BCUT2D eigenvalue weighted by molar-refractivity contribution is -0.382. The standard InChI is InChI=1S/C55H62F6/c1-35-29-45-43-15-7-5-13-37(43)33-47(45)49(31-35)51(25-9-3-10-26-51)39-17-21-41(22-18-39)53(54(56,57)58,55(59,60)61)42-23-19-40(20-24-42)52(27-11-4-12-28-52)50-32-36(2)30-46-44-16-8-6-14-38(44)34-48(46)50/h5-8,13-16,29-32,39-42H,3-4,9-12,17-28,33-34H2,1-2H3. The van der Waals surface area contributed by atoms with E-state index in [1.807, 2.05) is 0 Å². The summed E-state index contributed by atoms with van der Waals surface area (Å²) in [5.41, 5.74) is 11.2. The highest BCUT2D eigenvalue weighted by Crippen LogP contribution is 2.68.